The summed E-state index contributed by atoms with van der Waals surface area (Å²) >= 11 is 0. The summed E-state index contributed by atoms with van der Waals surface area (Å²) in [6, 6.07) is 17.8. The first kappa shape index (κ1) is 22.9. The molecule has 8 nitrogen and oxygen atoms in total. The highest BCUT2D eigenvalue weighted by atomic mass is 32.2. The van der Waals surface area contributed by atoms with Crippen LogP contribution in [0.2, 0.25) is 0 Å². The van der Waals surface area contributed by atoms with Crippen LogP contribution >= 0.6 is 0 Å². The number of imide groups is 2. The van der Waals surface area contributed by atoms with Crippen molar-refractivity contribution in [2.75, 3.05) is 4.90 Å². The Labute approximate surface area is 196 Å². The van der Waals surface area contributed by atoms with Crippen LogP contribution in [0.4, 0.5) is 10.5 Å². The van der Waals surface area contributed by atoms with Crippen LogP contribution in [0.1, 0.15) is 16.7 Å². The SMILES string of the molecule is Cc1ccc(N2C(=O)NC(=O)/C(=C\c3ccccc3OS(=O)(=O)c3ccccc3)C2=O)cc1C. The maximum absolute atomic E-state index is 13.2. The third-order valence-corrected chi connectivity index (χ3v) is 6.55. The number of hydrogen-bond acceptors (Lipinski definition) is 6. The first-order valence-electron chi connectivity index (χ1n) is 10.2. The molecule has 1 fully saturated rings. The van der Waals surface area contributed by atoms with Gasteiger partial charge in [0.15, 0.2) is 0 Å². The summed E-state index contributed by atoms with van der Waals surface area (Å²) in [4.78, 5) is 39.0. The number of aryl methyl sites for hydroxylation is 2. The fourth-order valence-electron chi connectivity index (χ4n) is 3.34. The Morgan fingerprint density at radius 3 is 2.24 bits per heavy atom. The number of carbonyl (C=O) groups excluding carboxylic acids is 3. The van der Waals surface area contributed by atoms with Crippen molar-refractivity contribution in [2.45, 2.75) is 18.7 Å². The van der Waals surface area contributed by atoms with Crippen molar-refractivity contribution >= 4 is 39.7 Å². The van der Waals surface area contributed by atoms with Gasteiger partial charge in [0, 0.05) is 5.56 Å². The monoisotopic (exact) mass is 476 g/mol. The Morgan fingerprint density at radius 1 is 0.853 bits per heavy atom. The van der Waals surface area contributed by atoms with Crippen LogP contribution in [0.25, 0.3) is 6.08 Å². The fourth-order valence-corrected chi connectivity index (χ4v) is 4.32. The molecule has 0 unspecified atom stereocenters. The van der Waals surface area contributed by atoms with Gasteiger partial charge in [-0.2, -0.15) is 8.42 Å². The van der Waals surface area contributed by atoms with E-state index in [1.165, 1.54) is 30.3 Å². The fraction of sp³-hybridized carbons (Fsp3) is 0.0800. The van der Waals surface area contributed by atoms with Crippen LogP contribution in [-0.2, 0) is 19.7 Å². The second-order valence-corrected chi connectivity index (χ2v) is 9.16. The van der Waals surface area contributed by atoms with Crippen molar-refractivity contribution < 1.29 is 27.0 Å². The quantitative estimate of drug-likeness (QED) is 0.341. The lowest BCUT2D eigenvalue weighted by Gasteiger charge is -2.27. The van der Waals surface area contributed by atoms with Crippen LogP contribution in [-0.4, -0.2) is 26.3 Å². The van der Waals surface area contributed by atoms with Gasteiger partial charge in [-0.15, -0.1) is 0 Å². The number of carbonyl (C=O) groups is 3. The van der Waals surface area contributed by atoms with Crippen LogP contribution in [0.5, 0.6) is 5.75 Å². The Morgan fingerprint density at radius 2 is 1.53 bits per heavy atom. The topological polar surface area (TPSA) is 110 Å². The molecule has 34 heavy (non-hydrogen) atoms. The van der Waals surface area contributed by atoms with Gasteiger partial charge in [-0.1, -0.05) is 42.5 Å². The number of benzene rings is 3. The molecule has 0 spiro atoms. The van der Waals surface area contributed by atoms with Gasteiger partial charge in [-0.25, -0.2) is 9.69 Å². The molecule has 172 valence electrons. The molecule has 0 radical (unpaired) electrons. The molecule has 3 aromatic rings. The molecule has 1 N–H and O–H groups in total. The third kappa shape index (κ3) is 4.46. The van der Waals surface area contributed by atoms with Crippen LogP contribution < -0.4 is 14.4 Å². The van der Waals surface area contributed by atoms with Gasteiger partial charge < -0.3 is 4.18 Å². The Bertz CT molecular complexity index is 1450. The van der Waals surface area contributed by atoms with Crippen LogP contribution in [0.3, 0.4) is 0 Å². The Hall–Kier alpha value is -4.24. The number of nitrogens with one attached hydrogen (secondary N) is 1. The lowest BCUT2D eigenvalue weighted by atomic mass is 10.0. The molecular formula is C25H20N2O6S. The summed E-state index contributed by atoms with van der Waals surface area (Å²) in [7, 11) is -4.15. The van der Waals surface area contributed by atoms with Crippen molar-refractivity contribution in [2.24, 2.45) is 0 Å². The average Bonchev–Trinajstić information content (AvgIpc) is 2.80. The molecule has 1 heterocycles. The average molecular weight is 477 g/mol. The van der Waals surface area contributed by atoms with Gasteiger partial charge >= 0.3 is 16.1 Å². The summed E-state index contributed by atoms with van der Waals surface area (Å²) in [5, 5.41) is 2.16. The summed E-state index contributed by atoms with van der Waals surface area (Å²) in [6.07, 6.45) is 1.20. The number of nitrogens with zero attached hydrogens (tertiary/aromatic N) is 1. The van der Waals surface area contributed by atoms with Crippen molar-refractivity contribution in [1.82, 2.24) is 5.32 Å². The molecule has 1 saturated heterocycles. The predicted octanol–water partition coefficient (Wildman–Crippen LogP) is 3.74. The van der Waals surface area contributed by atoms with E-state index in [0.29, 0.717) is 5.69 Å². The van der Waals surface area contributed by atoms with Gasteiger partial charge in [-0.05, 0) is 61.4 Å². The van der Waals surface area contributed by atoms with Crippen LogP contribution in [0.15, 0.2) is 83.3 Å². The van der Waals surface area contributed by atoms with E-state index >= 15 is 0 Å². The molecule has 4 amide bonds. The van der Waals surface area contributed by atoms with E-state index < -0.39 is 28.0 Å². The Kier molecular flexibility index (Phi) is 6.04. The molecule has 0 atom stereocenters. The van der Waals surface area contributed by atoms with Gasteiger partial charge in [-0.3, -0.25) is 14.9 Å². The Balaban J connectivity index is 1.72. The summed E-state index contributed by atoms with van der Waals surface area (Å²) < 4.78 is 30.6. The number of para-hydroxylation sites is 1. The molecule has 0 bridgehead atoms. The van der Waals surface area contributed by atoms with Crippen molar-refractivity contribution in [3.63, 3.8) is 0 Å². The van der Waals surface area contributed by atoms with E-state index in [4.69, 9.17) is 4.18 Å². The number of rotatable bonds is 5. The minimum atomic E-state index is -4.15. The normalized spacial score (nSPS) is 15.4. The summed E-state index contributed by atoms with van der Waals surface area (Å²) in [5.74, 6) is -1.80. The van der Waals surface area contributed by atoms with Crippen LogP contribution in [0, 0.1) is 13.8 Å². The van der Waals surface area contributed by atoms with E-state index in [1.54, 1.807) is 48.5 Å². The third-order valence-electron chi connectivity index (χ3n) is 5.30. The zero-order valence-corrected chi connectivity index (χ0v) is 19.1. The van der Waals surface area contributed by atoms with Gasteiger partial charge in [0.1, 0.15) is 16.2 Å². The number of amides is 4. The smallest absolute Gasteiger partial charge is 0.339 e. The minimum absolute atomic E-state index is 0.0459. The molecule has 0 aromatic heterocycles. The molecule has 0 aliphatic carbocycles. The van der Waals surface area contributed by atoms with Gasteiger partial charge in [0.2, 0.25) is 0 Å². The highest BCUT2D eigenvalue weighted by Crippen LogP contribution is 2.28. The zero-order valence-electron chi connectivity index (χ0n) is 18.3. The second kappa shape index (κ2) is 8.95. The zero-order chi connectivity index (χ0) is 24.5. The maximum Gasteiger partial charge on any atom is 0.339 e. The van der Waals surface area contributed by atoms with Crippen molar-refractivity contribution in [3.05, 3.63) is 95.1 Å². The predicted molar refractivity (Wildman–Crippen MR) is 126 cm³/mol. The van der Waals surface area contributed by atoms with Crippen molar-refractivity contribution in [1.29, 1.82) is 0 Å². The van der Waals surface area contributed by atoms with Crippen molar-refractivity contribution in [3.8, 4) is 5.75 Å². The van der Waals surface area contributed by atoms with E-state index in [0.717, 1.165) is 16.0 Å². The molecule has 3 aromatic carbocycles. The largest absolute Gasteiger partial charge is 0.378 e. The minimum Gasteiger partial charge on any atom is -0.378 e. The number of hydrogen-bond donors (Lipinski definition) is 1. The lowest BCUT2D eigenvalue weighted by Crippen LogP contribution is -2.54. The lowest BCUT2D eigenvalue weighted by molar-refractivity contribution is -0.122. The van der Waals surface area contributed by atoms with E-state index in [-0.39, 0.29) is 21.8 Å². The first-order valence-corrected chi connectivity index (χ1v) is 11.7. The highest BCUT2D eigenvalue weighted by Gasteiger charge is 2.37. The van der Waals surface area contributed by atoms with E-state index in [9.17, 15) is 22.8 Å². The number of barbiturate groups is 1. The highest BCUT2D eigenvalue weighted by molar-refractivity contribution is 7.87. The molecule has 1 aliphatic rings. The number of anilines is 1. The molecule has 9 heteroatoms. The molecule has 0 saturated carbocycles. The second-order valence-electron chi connectivity index (χ2n) is 7.61. The number of urea groups is 1. The summed E-state index contributed by atoms with van der Waals surface area (Å²) in [6.45, 7) is 3.74. The van der Waals surface area contributed by atoms with E-state index in [1.807, 2.05) is 13.8 Å². The van der Waals surface area contributed by atoms with Gasteiger partial charge in [0.05, 0.1) is 5.69 Å². The standard InChI is InChI=1S/C25H20N2O6S/c1-16-12-13-19(14-17(16)2)27-24(29)21(23(28)26-25(27)30)15-18-8-6-7-11-22(18)33-34(31,32)20-9-4-3-5-10-20/h3-15H,1-2H3,(H,26,28,30)/b21-15+. The maximum atomic E-state index is 13.2. The van der Waals surface area contributed by atoms with E-state index in [2.05, 4.69) is 5.32 Å². The molecule has 1 aliphatic heterocycles. The van der Waals surface area contributed by atoms with Gasteiger partial charge in [0.25, 0.3) is 11.8 Å². The molecule has 4 rings (SSSR count). The summed E-state index contributed by atoms with van der Waals surface area (Å²) in [5.41, 5.74) is 1.98. The first-order chi connectivity index (χ1) is 16.2. The molecular weight excluding hydrogens is 456 g/mol.